The van der Waals surface area contributed by atoms with Crippen LogP contribution in [0.5, 0.6) is 0 Å². The molecule has 2 heterocycles. The molecule has 23 heavy (non-hydrogen) atoms. The number of benzene rings is 1. The lowest BCUT2D eigenvalue weighted by Gasteiger charge is -2.35. The molecule has 0 atom stereocenters. The molecule has 0 bridgehead atoms. The van der Waals surface area contributed by atoms with Gasteiger partial charge in [-0.1, -0.05) is 29.8 Å². The van der Waals surface area contributed by atoms with E-state index in [0.717, 1.165) is 49.7 Å². The predicted octanol–water partition coefficient (Wildman–Crippen LogP) is 3.13. The second-order valence-corrected chi connectivity index (χ2v) is 6.51. The highest BCUT2D eigenvalue weighted by molar-refractivity contribution is 5.57. The number of aliphatic hydroxyl groups is 1. The molecule has 4 nitrogen and oxygen atoms in total. The lowest BCUT2D eigenvalue weighted by molar-refractivity contribution is -0.0155. The maximum atomic E-state index is 9.69. The molecule has 0 saturated carbocycles. The molecule has 2 N–H and O–H groups in total. The van der Waals surface area contributed by atoms with Crippen LogP contribution < -0.4 is 5.32 Å². The van der Waals surface area contributed by atoms with Gasteiger partial charge in [0.1, 0.15) is 11.5 Å². The summed E-state index contributed by atoms with van der Waals surface area (Å²) < 4.78 is 11.3. The first-order valence-electron chi connectivity index (χ1n) is 8.26. The van der Waals surface area contributed by atoms with Gasteiger partial charge in [-0.3, -0.25) is 0 Å². The van der Waals surface area contributed by atoms with Crippen LogP contribution in [0, 0.1) is 12.3 Å². The van der Waals surface area contributed by atoms with Crippen LogP contribution in [0.3, 0.4) is 0 Å². The average molecular weight is 315 g/mol. The molecule has 1 aromatic carbocycles. The van der Waals surface area contributed by atoms with Crippen molar-refractivity contribution < 1.29 is 14.3 Å². The smallest absolute Gasteiger partial charge is 0.134 e. The zero-order valence-electron chi connectivity index (χ0n) is 13.7. The number of nitrogens with one attached hydrogen (secondary N) is 1. The Hall–Kier alpha value is -1.62. The summed E-state index contributed by atoms with van der Waals surface area (Å²) in [6.45, 7) is 5.22. The van der Waals surface area contributed by atoms with Crippen molar-refractivity contribution in [2.24, 2.45) is 5.41 Å². The van der Waals surface area contributed by atoms with Crippen LogP contribution >= 0.6 is 0 Å². The number of aryl methyl sites for hydroxylation is 1. The van der Waals surface area contributed by atoms with E-state index >= 15 is 0 Å². The maximum absolute atomic E-state index is 9.69. The molecule has 1 aliphatic heterocycles. The van der Waals surface area contributed by atoms with Gasteiger partial charge in [-0.25, -0.2) is 0 Å². The molecular weight excluding hydrogens is 290 g/mol. The molecule has 1 aliphatic rings. The molecule has 0 unspecified atom stereocenters. The number of rotatable bonds is 6. The SMILES string of the molecule is Cc1ccc(-c2ccc(CNCC3(CO)CCOCC3)o2)cc1. The summed E-state index contributed by atoms with van der Waals surface area (Å²) in [5.74, 6) is 1.81. The van der Waals surface area contributed by atoms with Crippen LogP contribution in [0.2, 0.25) is 0 Å². The highest BCUT2D eigenvalue weighted by Gasteiger charge is 2.31. The Kier molecular flexibility index (Phi) is 5.16. The fraction of sp³-hybridized carbons (Fsp3) is 0.474. The highest BCUT2D eigenvalue weighted by Crippen LogP contribution is 2.29. The third-order valence-electron chi connectivity index (χ3n) is 4.69. The molecule has 3 rings (SSSR count). The van der Waals surface area contributed by atoms with Gasteiger partial charge in [-0.2, -0.15) is 0 Å². The van der Waals surface area contributed by atoms with Crippen LogP contribution in [0.1, 0.15) is 24.2 Å². The van der Waals surface area contributed by atoms with Crippen molar-refractivity contribution in [3.05, 3.63) is 47.7 Å². The first kappa shape index (κ1) is 16.2. The Labute approximate surface area is 137 Å². The van der Waals surface area contributed by atoms with Gasteiger partial charge in [0.2, 0.25) is 0 Å². The van der Waals surface area contributed by atoms with E-state index in [9.17, 15) is 5.11 Å². The summed E-state index contributed by atoms with van der Waals surface area (Å²) in [6, 6.07) is 12.4. The third-order valence-corrected chi connectivity index (χ3v) is 4.69. The molecule has 0 spiro atoms. The molecule has 1 fully saturated rings. The van der Waals surface area contributed by atoms with Gasteiger partial charge in [0.25, 0.3) is 0 Å². The molecule has 124 valence electrons. The monoisotopic (exact) mass is 315 g/mol. The topological polar surface area (TPSA) is 54.6 Å². The van der Waals surface area contributed by atoms with E-state index in [2.05, 4.69) is 36.5 Å². The highest BCUT2D eigenvalue weighted by atomic mass is 16.5. The summed E-state index contributed by atoms with van der Waals surface area (Å²) >= 11 is 0. The fourth-order valence-electron chi connectivity index (χ4n) is 2.99. The standard InChI is InChI=1S/C19H25NO3/c1-15-2-4-16(5-3-15)18-7-6-17(23-18)12-20-13-19(14-21)8-10-22-11-9-19/h2-7,20-21H,8-14H2,1H3. The van der Waals surface area contributed by atoms with E-state index in [1.807, 2.05) is 12.1 Å². The van der Waals surface area contributed by atoms with Crippen molar-refractivity contribution >= 4 is 0 Å². The van der Waals surface area contributed by atoms with E-state index in [1.54, 1.807) is 0 Å². The molecule has 4 heteroatoms. The van der Waals surface area contributed by atoms with Crippen LogP contribution in [0.25, 0.3) is 11.3 Å². The van der Waals surface area contributed by atoms with Crippen molar-refractivity contribution in [3.8, 4) is 11.3 Å². The van der Waals surface area contributed by atoms with Gasteiger partial charge < -0.3 is 19.6 Å². The predicted molar refractivity (Wildman–Crippen MR) is 90.2 cm³/mol. The molecular formula is C19H25NO3. The number of aliphatic hydroxyl groups excluding tert-OH is 1. The lowest BCUT2D eigenvalue weighted by atomic mass is 9.81. The molecule has 2 aromatic rings. The van der Waals surface area contributed by atoms with E-state index in [1.165, 1.54) is 5.56 Å². The van der Waals surface area contributed by atoms with Gasteiger partial charge >= 0.3 is 0 Å². The van der Waals surface area contributed by atoms with Gasteiger partial charge in [-0.05, 0) is 31.9 Å². The Balaban J connectivity index is 1.56. The first-order valence-corrected chi connectivity index (χ1v) is 8.26. The quantitative estimate of drug-likeness (QED) is 0.860. The Morgan fingerprint density at radius 3 is 2.52 bits per heavy atom. The Bertz CT molecular complexity index is 612. The number of hydrogen-bond acceptors (Lipinski definition) is 4. The van der Waals surface area contributed by atoms with Crippen molar-refractivity contribution in [1.29, 1.82) is 0 Å². The zero-order valence-corrected chi connectivity index (χ0v) is 13.7. The largest absolute Gasteiger partial charge is 0.460 e. The van der Waals surface area contributed by atoms with Crippen LogP contribution in [0.15, 0.2) is 40.8 Å². The second-order valence-electron chi connectivity index (χ2n) is 6.51. The Morgan fingerprint density at radius 1 is 1.09 bits per heavy atom. The van der Waals surface area contributed by atoms with E-state index < -0.39 is 0 Å². The summed E-state index contributed by atoms with van der Waals surface area (Å²) in [7, 11) is 0. The van der Waals surface area contributed by atoms with Crippen LogP contribution in [0.4, 0.5) is 0 Å². The van der Waals surface area contributed by atoms with Gasteiger partial charge in [0.15, 0.2) is 0 Å². The molecule has 1 saturated heterocycles. The summed E-state index contributed by atoms with van der Waals surface area (Å²) in [5, 5.41) is 13.1. The first-order chi connectivity index (χ1) is 11.2. The van der Waals surface area contributed by atoms with Crippen LogP contribution in [-0.2, 0) is 11.3 Å². The summed E-state index contributed by atoms with van der Waals surface area (Å²) in [6.07, 6.45) is 1.81. The minimum atomic E-state index is -0.0510. The zero-order chi connectivity index (χ0) is 16.1. The van der Waals surface area contributed by atoms with Crippen molar-refractivity contribution in [2.45, 2.75) is 26.3 Å². The van der Waals surface area contributed by atoms with Crippen LogP contribution in [-0.4, -0.2) is 31.5 Å². The average Bonchev–Trinajstić information content (AvgIpc) is 3.05. The minimum Gasteiger partial charge on any atom is -0.460 e. The maximum Gasteiger partial charge on any atom is 0.134 e. The molecule has 0 amide bonds. The summed E-state index contributed by atoms with van der Waals surface area (Å²) in [5.41, 5.74) is 2.29. The minimum absolute atomic E-state index is 0.0510. The van der Waals surface area contributed by atoms with E-state index in [-0.39, 0.29) is 12.0 Å². The lowest BCUT2D eigenvalue weighted by Crippen LogP contribution is -2.41. The van der Waals surface area contributed by atoms with Crippen molar-refractivity contribution in [1.82, 2.24) is 5.32 Å². The normalized spacial score (nSPS) is 17.3. The summed E-state index contributed by atoms with van der Waals surface area (Å²) in [4.78, 5) is 0. The number of ether oxygens (including phenoxy) is 1. The van der Waals surface area contributed by atoms with E-state index in [4.69, 9.17) is 9.15 Å². The molecule has 0 aliphatic carbocycles. The van der Waals surface area contributed by atoms with Crippen molar-refractivity contribution in [3.63, 3.8) is 0 Å². The fourth-order valence-corrected chi connectivity index (χ4v) is 2.99. The van der Waals surface area contributed by atoms with Gasteiger partial charge in [-0.15, -0.1) is 0 Å². The Morgan fingerprint density at radius 2 is 1.83 bits per heavy atom. The number of hydrogen-bond donors (Lipinski definition) is 2. The number of furan rings is 1. The second kappa shape index (κ2) is 7.30. The molecule has 1 aromatic heterocycles. The van der Waals surface area contributed by atoms with E-state index in [0.29, 0.717) is 6.54 Å². The molecule has 0 radical (unpaired) electrons. The van der Waals surface area contributed by atoms with Crippen molar-refractivity contribution in [2.75, 3.05) is 26.4 Å². The van der Waals surface area contributed by atoms with Gasteiger partial charge in [0, 0.05) is 30.7 Å². The third kappa shape index (κ3) is 4.02. The van der Waals surface area contributed by atoms with Gasteiger partial charge in [0.05, 0.1) is 13.2 Å².